The molecule has 0 aliphatic heterocycles. The van der Waals surface area contributed by atoms with Crippen molar-refractivity contribution in [2.24, 2.45) is 14.1 Å². The number of rotatable bonds is 4. The van der Waals surface area contributed by atoms with Gasteiger partial charge in [0.1, 0.15) is 24.3 Å². The minimum Gasteiger partial charge on any atom is -0.313 e. The van der Waals surface area contributed by atoms with Crippen molar-refractivity contribution >= 4 is 37.2 Å². The molecule has 0 fully saturated rings. The predicted molar refractivity (Wildman–Crippen MR) is 89.3 cm³/mol. The van der Waals surface area contributed by atoms with E-state index in [0.29, 0.717) is 0 Å². The predicted octanol–water partition coefficient (Wildman–Crippen LogP) is 0.334. The average molecular weight is 362 g/mol. The molecular weight excluding hydrogens is 339 g/mol. The zero-order chi connectivity index (χ0) is 13.4. The van der Waals surface area contributed by atoms with E-state index in [9.17, 15) is 0 Å². The summed E-state index contributed by atoms with van der Waals surface area (Å²) in [7, 11) is 7.52. The van der Waals surface area contributed by atoms with Crippen molar-refractivity contribution in [3.05, 3.63) is 24.3 Å². The maximum absolute atomic E-state index is 3.99. The van der Waals surface area contributed by atoms with E-state index in [0.717, 1.165) is 24.7 Å². The van der Waals surface area contributed by atoms with E-state index in [1.807, 2.05) is 28.2 Å². The van der Waals surface area contributed by atoms with E-state index in [2.05, 4.69) is 30.8 Å². The van der Waals surface area contributed by atoms with Gasteiger partial charge in [-0.15, -0.1) is 37.2 Å². The van der Waals surface area contributed by atoms with E-state index in [-0.39, 0.29) is 37.2 Å². The lowest BCUT2D eigenvalue weighted by molar-refractivity contribution is 0.659. The van der Waals surface area contributed by atoms with Crippen LogP contribution in [0.5, 0.6) is 0 Å². The van der Waals surface area contributed by atoms with Crippen LogP contribution in [0.15, 0.2) is 12.7 Å². The van der Waals surface area contributed by atoms with Gasteiger partial charge in [-0.05, 0) is 14.1 Å². The van der Waals surface area contributed by atoms with Crippen LogP contribution in [0.25, 0.3) is 0 Å². The van der Waals surface area contributed by atoms with E-state index in [4.69, 9.17) is 0 Å². The second-order valence-corrected chi connectivity index (χ2v) is 3.66. The smallest absolute Gasteiger partial charge is 0.140 e. The van der Waals surface area contributed by atoms with Gasteiger partial charge >= 0.3 is 0 Å². The Labute approximate surface area is 143 Å². The summed E-state index contributed by atoms with van der Waals surface area (Å²) in [5.74, 6) is 1.91. The van der Waals surface area contributed by atoms with Gasteiger partial charge in [0, 0.05) is 14.1 Å². The molecule has 0 aliphatic carbocycles. The van der Waals surface area contributed by atoms with Crippen LogP contribution in [0.1, 0.15) is 11.6 Å². The third-order valence-corrected chi connectivity index (χ3v) is 2.28. The number of halogens is 3. The number of hydrogen-bond donors (Lipinski definition) is 2. The summed E-state index contributed by atoms with van der Waals surface area (Å²) in [5, 5.41) is 13.8. The van der Waals surface area contributed by atoms with Crippen LogP contribution in [0.3, 0.4) is 0 Å². The first-order chi connectivity index (χ1) is 8.69. The van der Waals surface area contributed by atoms with Gasteiger partial charge in [0.15, 0.2) is 0 Å². The largest absolute Gasteiger partial charge is 0.313 e. The fourth-order valence-corrected chi connectivity index (χ4v) is 1.28. The van der Waals surface area contributed by atoms with Crippen LogP contribution in [-0.2, 0) is 27.2 Å². The van der Waals surface area contributed by atoms with Gasteiger partial charge in [0.2, 0.25) is 0 Å². The summed E-state index contributed by atoms with van der Waals surface area (Å²) < 4.78 is 3.49. The molecule has 21 heavy (non-hydrogen) atoms. The van der Waals surface area contributed by atoms with Crippen molar-refractivity contribution in [3.63, 3.8) is 0 Å². The summed E-state index contributed by atoms with van der Waals surface area (Å²) >= 11 is 0. The number of aryl methyl sites for hydroxylation is 2. The van der Waals surface area contributed by atoms with Gasteiger partial charge in [-0.3, -0.25) is 9.36 Å². The molecule has 0 atom stereocenters. The van der Waals surface area contributed by atoms with Gasteiger partial charge < -0.3 is 10.6 Å². The Bertz CT molecular complexity index is 416. The highest BCUT2D eigenvalue weighted by Crippen LogP contribution is 1.87. The normalized spacial score (nSPS) is 8.57. The van der Waals surface area contributed by atoms with Crippen LogP contribution in [0, 0.1) is 0 Å². The molecule has 0 aromatic carbocycles. The maximum Gasteiger partial charge on any atom is 0.140 e. The molecule has 8 nitrogen and oxygen atoms in total. The molecule has 124 valence electrons. The minimum absolute atomic E-state index is 0. The Morgan fingerprint density at radius 3 is 1.33 bits per heavy atom. The number of aromatic nitrogens is 6. The van der Waals surface area contributed by atoms with Crippen molar-refractivity contribution in [3.8, 4) is 0 Å². The summed E-state index contributed by atoms with van der Waals surface area (Å²) in [6.07, 6.45) is 3.10. The fourth-order valence-electron chi connectivity index (χ4n) is 1.28. The highest BCUT2D eigenvalue weighted by molar-refractivity contribution is 5.86. The van der Waals surface area contributed by atoms with Crippen molar-refractivity contribution in [2.45, 2.75) is 13.1 Å². The Morgan fingerprint density at radius 2 is 1.14 bits per heavy atom. The van der Waals surface area contributed by atoms with Gasteiger partial charge in [-0.25, -0.2) is 9.97 Å². The first kappa shape index (κ1) is 25.0. The zero-order valence-corrected chi connectivity index (χ0v) is 14.9. The first-order valence-corrected chi connectivity index (χ1v) is 5.64. The van der Waals surface area contributed by atoms with Crippen LogP contribution in [0.4, 0.5) is 0 Å². The zero-order valence-electron chi connectivity index (χ0n) is 12.5. The van der Waals surface area contributed by atoms with Gasteiger partial charge in [0.05, 0.1) is 13.1 Å². The second kappa shape index (κ2) is 14.0. The summed E-state index contributed by atoms with van der Waals surface area (Å²) in [6, 6.07) is 0. The van der Waals surface area contributed by atoms with Gasteiger partial charge in [-0.2, -0.15) is 10.2 Å². The molecule has 0 spiro atoms. The third-order valence-electron chi connectivity index (χ3n) is 2.28. The van der Waals surface area contributed by atoms with Crippen molar-refractivity contribution in [1.29, 1.82) is 0 Å². The molecule has 0 unspecified atom stereocenters. The third kappa shape index (κ3) is 8.84. The molecule has 2 rings (SSSR count). The van der Waals surface area contributed by atoms with Gasteiger partial charge in [0.25, 0.3) is 0 Å². The summed E-state index contributed by atoms with van der Waals surface area (Å²) in [4.78, 5) is 7.99. The molecule has 0 aliphatic rings. The van der Waals surface area contributed by atoms with Crippen molar-refractivity contribution in [2.75, 3.05) is 14.1 Å². The first-order valence-electron chi connectivity index (χ1n) is 5.64. The minimum atomic E-state index is 0. The van der Waals surface area contributed by atoms with E-state index in [1.165, 1.54) is 0 Å². The molecule has 0 saturated carbocycles. The molecule has 0 bridgehead atoms. The molecule has 2 aromatic heterocycles. The number of nitrogens with one attached hydrogen (secondary N) is 2. The average Bonchev–Trinajstić information content (AvgIpc) is 2.92. The van der Waals surface area contributed by atoms with E-state index in [1.54, 1.807) is 22.0 Å². The van der Waals surface area contributed by atoms with Crippen LogP contribution >= 0.6 is 37.2 Å². The SMILES string of the molecule is CNCc1ncnn1C.CNCc1ncnn1C.Cl.Cl.Cl. The Kier molecular flexibility index (Phi) is 16.7. The molecule has 2 heterocycles. The highest BCUT2D eigenvalue weighted by atomic mass is 35.5. The standard InChI is InChI=1S/2C5H10N4.3ClH/c2*1-6-3-5-7-4-8-9(5)2;;;/h2*4,6H,3H2,1-2H3;3*1H. The van der Waals surface area contributed by atoms with E-state index >= 15 is 0 Å². The molecule has 2 N–H and O–H groups in total. The topological polar surface area (TPSA) is 85.5 Å². The molecular formula is C10H23Cl3N8. The molecule has 0 saturated heterocycles. The monoisotopic (exact) mass is 360 g/mol. The van der Waals surface area contributed by atoms with E-state index < -0.39 is 0 Å². The molecule has 0 radical (unpaired) electrons. The molecule has 11 heteroatoms. The van der Waals surface area contributed by atoms with Crippen LogP contribution in [0.2, 0.25) is 0 Å². The quantitative estimate of drug-likeness (QED) is 0.816. The molecule has 0 amide bonds. The summed E-state index contributed by atoms with van der Waals surface area (Å²) in [6.45, 7) is 1.55. The maximum atomic E-state index is 3.99. The Hall–Kier alpha value is -0.930. The summed E-state index contributed by atoms with van der Waals surface area (Å²) in [5.41, 5.74) is 0. The number of hydrogen-bond acceptors (Lipinski definition) is 6. The highest BCUT2D eigenvalue weighted by Gasteiger charge is 1.95. The Balaban J connectivity index is -0.000000270. The van der Waals surface area contributed by atoms with Gasteiger partial charge in [-0.1, -0.05) is 0 Å². The van der Waals surface area contributed by atoms with Crippen LogP contribution in [-0.4, -0.2) is 43.6 Å². The fraction of sp³-hybridized carbons (Fsp3) is 0.600. The number of nitrogens with zero attached hydrogens (tertiary/aromatic N) is 6. The second-order valence-electron chi connectivity index (χ2n) is 3.66. The lowest BCUT2D eigenvalue weighted by Gasteiger charge is -1.95. The van der Waals surface area contributed by atoms with Crippen LogP contribution < -0.4 is 10.6 Å². The van der Waals surface area contributed by atoms with Crippen molar-refractivity contribution in [1.82, 2.24) is 40.2 Å². The lowest BCUT2D eigenvalue weighted by Crippen LogP contribution is -2.10. The lowest BCUT2D eigenvalue weighted by atomic mass is 10.6. The molecule has 2 aromatic rings. The Morgan fingerprint density at radius 1 is 0.810 bits per heavy atom. The van der Waals surface area contributed by atoms with Crippen molar-refractivity contribution < 1.29 is 0 Å².